The van der Waals surface area contributed by atoms with Crippen molar-refractivity contribution in [2.75, 3.05) is 13.7 Å². The van der Waals surface area contributed by atoms with E-state index < -0.39 is 12.2 Å². The van der Waals surface area contributed by atoms with Crippen molar-refractivity contribution in [1.29, 1.82) is 0 Å². The average Bonchev–Trinajstić information content (AvgIpc) is 2.92. The summed E-state index contributed by atoms with van der Waals surface area (Å²) in [6.07, 6.45) is 9.12. The summed E-state index contributed by atoms with van der Waals surface area (Å²) < 4.78 is 11.3. The third-order valence-electron chi connectivity index (χ3n) is 6.06. The molecule has 1 aliphatic heterocycles. The monoisotopic (exact) mass is 470 g/mol. The van der Waals surface area contributed by atoms with Gasteiger partial charge in [0.25, 0.3) is 5.91 Å². The fourth-order valence-corrected chi connectivity index (χ4v) is 4.25. The molecule has 3 aromatic heterocycles. The highest BCUT2D eigenvalue weighted by Crippen LogP contribution is 2.37. The Balaban J connectivity index is 1.56. The van der Waals surface area contributed by atoms with Gasteiger partial charge < -0.3 is 9.47 Å². The number of ether oxygens (including phenoxy) is 2. The SMILES string of the molecule is COc1c(-c2ccc(-c3ccncc3)cc2)nc2c(C)cncc2c1C(=O)NOC1CCCCO1. The molecular formula is C27H26N4O4. The molecule has 4 heterocycles. The van der Waals surface area contributed by atoms with Crippen LogP contribution in [0.1, 0.15) is 35.2 Å². The van der Waals surface area contributed by atoms with Gasteiger partial charge in [-0.15, -0.1) is 0 Å². The van der Waals surface area contributed by atoms with Gasteiger partial charge >= 0.3 is 0 Å². The van der Waals surface area contributed by atoms with Crippen molar-refractivity contribution in [3.05, 3.63) is 72.3 Å². The lowest BCUT2D eigenvalue weighted by atomic mass is 9.99. The quantitative estimate of drug-likeness (QED) is 0.402. The number of amides is 1. The predicted octanol–water partition coefficient (Wildman–Crippen LogP) is 4.86. The number of aryl methyl sites for hydroxylation is 1. The Morgan fingerprint density at radius 2 is 1.74 bits per heavy atom. The van der Waals surface area contributed by atoms with Crippen molar-refractivity contribution < 1.29 is 19.1 Å². The molecule has 1 amide bonds. The molecular weight excluding hydrogens is 444 g/mol. The summed E-state index contributed by atoms with van der Waals surface area (Å²) in [7, 11) is 1.53. The van der Waals surface area contributed by atoms with Gasteiger partial charge in [0, 0.05) is 48.8 Å². The van der Waals surface area contributed by atoms with Gasteiger partial charge in [0.1, 0.15) is 5.69 Å². The highest BCUT2D eigenvalue weighted by atomic mass is 16.8. The van der Waals surface area contributed by atoms with Crippen molar-refractivity contribution in [3.63, 3.8) is 0 Å². The van der Waals surface area contributed by atoms with Crippen LogP contribution in [0.3, 0.4) is 0 Å². The zero-order valence-electron chi connectivity index (χ0n) is 19.7. The van der Waals surface area contributed by atoms with Gasteiger partial charge in [-0.2, -0.15) is 0 Å². The topological polar surface area (TPSA) is 95.5 Å². The minimum Gasteiger partial charge on any atom is -0.494 e. The first kappa shape index (κ1) is 22.9. The molecule has 0 aliphatic carbocycles. The molecule has 178 valence electrons. The van der Waals surface area contributed by atoms with Crippen molar-refractivity contribution in [3.8, 4) is 28.1 Å². The van der Waals surface area contributed by atoms with Gasteiger partial charge in [-0.3, -0.25) is 14.8 Å². The summed E-state index contributed by atoms with van der Waals surface area (Å²) in [6.45, 7) is 2.53. The summed E-state index contributed by atoms with van der Waals surface area (Å²) in [4.78, 5) is 32.2. The van der Waals surface area contributed by atoms with Crippen molar-refractivity contribution >= 4 is 16.8 Å². The van der Waals surface area contributed by atoms with Crippen LogP contribution in [-0.4, -0.2) is 40.9 Å². The number of fused-ring (bicyclic) bond motifs is 1. The lowest BCUT2D eigenvalue weighted by Crippen LogP contribution is -2.33. The molecule has 0 radical (unpaired) electrons. The van der Waals surface area contributed by atoms with E-state index in [1.165, 1.54) is 7.11 Å². The molecule has 4 aromatic rings. The molecule has 0 saturated carbocycles. The van der Waals surface area contributed by atoms with Crippen molar-refractivity contribution in [1.82, 2.24) is 20.4 Å². The zero-order chi connectivity index (χ0) is 24.2. The molecule has 0 bridgehead atoms. The highest BCUT2D eigenvalue weighted by Gasteiger charge is 2.25. The summed E-state index contributed by atoms with van der Waals surface area (Å²) in [5, 5.41) is 0.588. The van der Waals surface area contributed by atoms with Crippen LogP contribution in [0, 0.1) is 6.92 Å². The van der Waals surface area contributed by atoms with Gasteiger partial charge in [0.2, 0.25) is 0 Å². The molecule has 1 fully saturated rings. The molecule has 8 heteroatoms. The largest absolute Gasteiger partial charge is 0.494 e. The van der Waals surface area contributed by atoms with Gasteiger partial charge in [-0.05, 0) is 48.6 Å². The van der Waals surface area contributed by atoms with Crippen molar-refractivity contribution in [2.45, 2.75) is 32.5 Å². The van der Waals surface area contributed by atoms with E-state index in [0.29, 0.717) is 34.5 Å². The number of hydrogen-bond donors (Lipinski definition) is 1. The first-order valence-electron chi connectivity index (χ1n) is 11.6. The Labute approximate surface area is 203 Å². The maximum atomic E-state index is 13.4. The zero-order valence-corrected chi connectivity index (χ0v) is 19.7. The highest BCUT2D eigenvalue weighted by molar-refractivity contribution is 6.10. The summed E-state index contributed by atoms with van der Waals surface area (Å²) in [5.74, 6) is -0.0855. The van der Waals surface area contributed by atoms with Gasteiger partial charge in [0.05, 0.1) is 18.2 Å². The van der Waals surface area contributed by atoms with Crippen LogP contribution in [0.5, 0.6) is 5.75 Å². The fraction of sp³-hybridized carbons (Fsp3) is 0.259. The third kappa shape index (κ3) is 4.71. The summed E-state index contributed by atoms with van der Waals surface area (Å²) >= 11 is 0. The second kappa shape index (κ2) is 10.2. The molecule has 1 saturated heterocycles. The number of carbonyl (C=O) groups excluding carboxylic acids is 1. The first-order valence-corrected chi connectivity index (χ1v) is 11.6. The van der Waals surface area contributed by atoms with Gasteiger partial charge in [-0.25, -0.2) is 15.3 Å². The standard InChI is InChI=1S/C27H26N4O4/c1-17-15-29-16-21-23(27(32)31-35-22-5-3-4-14-34-22)26(33-2)25(30-24(17)21)20-8-6-18(7-9-20)19-10-12-28-13-11-19/h6-13,15-16,22H,3-5,14H2,1-2H3,(H,31,32). The van der Waals surface area contributed by atoms with Crippen LogP contribution < -0.4 is 10.2 Å². The van der Waals surface area contributed by atoms with E-state index in [1.54, 1.807) is 24.8 Å². The Kier molecular flexibility index (Phi) is 6.65. The Bertz CT molecular complexity index is 1340. The van der Waals surface area contributed by atoms with E-state index in [4.69, 9.17) is 19.3 Å². The molecule has 1 N–H and O–H groups in total. The van der Waals surface area contributed by atoms with Crippen molar-refractivity contribution in [2.24, 2.45) is 0 Å². The molecule has 1 unspecified atom stereocenters. The number of aromatic nitrogens is 3. The number of methoxy groups -OCH3 is 1. The van der Waals surface area contributed by atoms with Crippen LogP contribution in [0.15, 0.2) is 61.2 Å². The molecule has 1 aromatic carbocycles. The summed E-state index contributed by atoms with van der Waals surface area (Å²) in [6, 6.07) is 11.9. The predicted molar refractivity (Wildman–Crippen MR) is 132 cm³/mol. The second-order valence-corrected chi connectivity index (χ2v) is 8.38. The molecule has 1 aliphatic rings. The number of benzene rings is 1. The van der Waals surface area contributed by atoms with Crippen LogP contribution in [0.4, 0.5) is 0 Å². The normalized spacial score (nSPS) is 15.7. The summed E-state index contributed by atoms with van der Waals surface area (Å²) in [5.41, 5.74) is 7.90. The number of carbonyl (C=O) groups is 1. The average molecular weight is 471 g/mol. The smallest absolute Gasteiger partial charge is 0.279 e. The van der Waals surface area contributed by atoms with Gasteiger partial charge in [0.15, 0.2) is 12.0 Å². The number of rotatable bonds is 6. The Hall–Kier alpha value is -3.88. The second-order valence-electron chi connectivity index (χ2n) is 8.38. The number of nitrogens with one attached hydrogen (secondary N) is 1. The number of nitrogens with zero attached hydrogens (tertiary/aromatic N) is 3. The lowest BCUT2D eigenvalue weighted by molar-refractivity contribution is -0.186. The van der Waals surface area contributed by atoms with E-state index in [9.17, 15) is 4.79 Å². The number of pyridine rings is 3. The van der Waals surface area contributed by atoms with E-state index in [1.807, 2.05) is 43.3 Å². The van der Waals surface area contributed by atoms with E-state index in [-0.39, 0.29) is 0 Å². The maximum Gasteiger partial charge on any atom is 0.279 e. The first-order chi connectivity index (χ1) is 17.2. The van der Waals surface area contributed by atoms with Crippen LogP contribution in [0.25, 0.3) is 33.3 Å². The number of hydrogen-bond acceptors (Lipinski definition) is 7. The molecule has 35 heavy (non-hydrogen) atoms. The maximum absolute atomic E-state index is 13.4. The molecule has 0 spiro atoms. The van der Waals surface area contributed by atoms with E-state index in [2.05, 4.69) is 15.4 Å². The number of hydroxylamine groups is 1. The Morgan fingerprint density at radius 3 is 2.46 bits per heavy atom. The molecule has 1 atom stereocenters. The van der Waals surface area contributed by atoms with Gasteiger partial charge in [-0.1, -0.05) is 24.3 Å². The minimum atomic E-state index is -0.466. The van der Waals surface area contributed by atoms with Crippen LogP contribution >= 0.6 is 0 Å². The Morgan fingerprint density at radius 1 is 1.00 bits per heavy atom. The molecule has 8 nitrogen and oxygen atoms in total. The third-order valence-corrected chi connectivity index (χ3v) is 6.06. The van der Waals surface area contributed by atoms with Crippen LogP contribution in [-0.2, 0) is 9.57 Å². The minimum absolute atomic E-state index is 0.317. The fourth-order valence-electron chi connectivity index (χ4n) is 4.25. The van der Waals surface area contributed by atoms with E-state index in [0.717, 1.165) is 41.5 Å². The van der Waals surface area contributed by atoms with Crippen LogP contribution in [0.2, 0.25) is 0 Å². The lowest BCUT2D eigenvalue weighted by Gasteiger charge is -2.23. The van der Waals surface area contributed by atoms with E-state index >= 15 is 0 Å². The molecule has 5 rings (SSSR count).